The summed E-state index contributed by atoms with van der Waals surface area (Å²) in [4.78, 5) is 13.3. The van der Waals surface area contributed by atoms with E-state index >= 15 is 0 Å². The van der Waals surface area contributed by atoms with Crippen LogP contribution in [-0.2, 0) is 44.4 Å². The van der Waals surface area contributed by atoms with Crippen LogP contribution in [0.25, 0.3) is 6.08 Å². The van der Waals surface area contributed by atoms with Gasteiger partial charge in [-0.2, -0.15) is 0 Å². The second-order valence-corrected chi connectivity index (χ2v) is 13.3. The van der Waals surface area contributed by atoms with Crippen molar-refractivity contribution in [3.63, 3.8) is 0 Å². The second-order valence-electron chi connectivity index (χ2n) is 13.3. The van der Waals surface area contributed by atoms with E-state index in [1.54, 1.807) is 18.2 Å². The maximum Gasteiger partial charge on any atom is 0.331 e. The molecular formula is C36H48O19. The molecule has 0 unspecified atom stereocenters. The van der Waals surface area contributed by atoms with Crippen LogP contribution < -0.4 is 9.47 Å². The van der Waals surface area contributed by atoms with E-state index in [0.717, 1.165) is 6.08 Å². The molecule has 55 heavy (non-hydrogen) atoms. The molecule has 2 aromatic rings. The Morgan fingerprint density at radius 2 is 1.55 bits per heavy atom. The molecule has 3 aliphatic rings. The van der Waals surface area contributed by atoms with Gasteiger partial charge in [-0.1, -0.05) is 12.1 Å². The third kappa shape index (κ3) is 9.84. The molecular weight excluding hydrogens is 736 g/mol. The molecule has 0 saturated carbocycles. The van der Waals surface area contributed by atoms with E-state index in [4.69, 9.17) is 42.6 Å². The van der Waals surface area contributed by atoms with Crippen LogP contribution >= 0.6 is 0 Å². The summed E-state index contributed by atoms with van der Waals surface area (Å²) in [6, 6.07) is 9.05. The number of rotatable bonds is 15. The first-order chi connectivity index (χ1) is 26.2. The Kier molecular flexibility index (Phi) is 14.3. The Bertz CT molecular complexity index is 1610. The summed E-state index contributed by atoms with van der Waals surface area (Å²) in [5.74, 6) is -0.862. The lowest BCUT2D eigenvalue weighted by atomic mass is 9.96. The van der Waals surface area contributed by atoms with Crippen molar-refractivity contribution in [1.82, 2.24) is 0 Å². The van der Waals surface area contributed by atoms with Crippen LogP contribution in [0.15, 0.2) is 42.5 Å². The number of methoxy groups -OCH3 is 2. The number of hydrogen-bond donors (Lipinski definition) is 9. The summed E-state index contributed by atoms with van der Waals surface area (Å²) < 4.78 is 50.5. The van der Waals surface area contributed by atoms with E-state index in [-0.39, 0.29) is 36.0 Å². The van der Waals surface area contributed by atoms with Gasteiger partial charge in [-0.05, 0) is 54.8 Å². The third-order valence-electron chi connectivity index (χ3n) is 9.50. The van der Waals surface area contributed by atoms with Crippen LogP contribution in [0.3, 0.4) is 0 Å². The summed E-state index contributed by atoms with van der Waals surface area (Å²) in [7, 11) is 2.77. The van der Waals surface area contributed by atoms with Gasteiger partial charge in [-0.3, -0.25) is 0 Å². The molecule has 0 radical (unpaired) electrons. The molecule has 9 N–H and O–H groups in total. The van der Waals surface area contributed by atoms with Crippen molar-refractivity contribution in [3.05, 3.63) is 53.6 Å². The first-order valence-electron chi connectivity index (χ1n) is 17.4. The Labute approximate surface area is 315 Å². The molecule has 0 aliphatic carbocycles. The van der Waals surface area contributed by atoms with Gasteiger partial charge >= 0.3 is 5.97 Å². The van der Waals surface area contributed by atoms with Gasteiger partial charge in [0.25, 0.3) is 0 Å². The van der Waals surface area contributed by atoms with Crippen LogP contribution in [0, 0.1) is 0 Å². The van der Waals surface area contributed by atoms with Crippen molar-refractivity contribution in [2.45, 2.75) is 92.8 Å². The summed E-state index contributed by atoms with van der Waals surface area (Å²) in [5.41, 5.74) is -1.03. The lowest BCUT2D eigenvalue weighted by Crippen LogP contribution is -2.65. The Balaban J connectivity index is 1.42. The predicted octanol–water partition coefficient (Wildman–Crippen LogP) is -1.94. The van der Waals surface area contributed by atoms with Gasteiger partial charge < -0.3 is 88.6 Å². The molecule has 0 bridgehead atoms. The van der Waals surface area contributed by atoms with Crippen molar-refractivity contribution in [3.8, 4) is 23.0 Å². The van der Waals surface area contributed by atoms with Gasteiger partial charge in [0.05, 0.1) is 46.8 Å². The quantitative estimate of drug-likeness (QED) is 0.0701. The number of phenols is 2. The van der Waals surface area contributed by atoms with Crippen LogP contribution in [0.2, 0.25) is 0 Å². The molecule has 0 amide bonds. The number of phenolic OH excluding ortho intramolecular Hbond substituents is 2. The largest absolute Gasteiger partial charge is 0.504 e. The number of aliphatic hydroxyl groups is 7. The number of carbonyl (C=O) groups excluding carboxylic acids is 1. The fraction of sp³-hybridized carbons (Fsp3) is 0.583. The summed E-state index contributed by atoms with van der Waals surface area (Å²) in [5, 5.41) is 94.2. The van der Waals surface area contributed by atoms with Gasteiger partial charge in [-0.25, -0.2) is 4.79 Å². The number of ether oxygens (including phenoxy) is 9. The van der Waals surface area contributed by atoms with E-state index in [1.807, 2.05) is 0 Å². The van der Waals surface area contributed by atoms with Crippen molar-refractivity contribution < 1.29 is 93.4 Å². The van der Waals surface area contributed by atoms with Gasteiger partial charge in [0.2, 0.25) is 0 Å². The zero-order chi connectivity index (χ0) is 40.0. The smallest absolute Gasteiger partial charge is 0.331 e. The lowest BCUT2D eigenvalue weighted by Gasteiger charge is -2.46. The predicted molar refractivity (Wildman–Crippen MR) is 184 cm³/mol. The lowest BCUT2D eigenvalue weighted by molar-refractivity contribution is -0.360. The first-order valence-corrected chi connectivity index (χ1v) is 17.4. The topological polar surface area (TPSA) is 282 Å². The van der Waals surface area contributed by atoms with Crippen LogP contribution in [-0.4, -0.2) is 172 Å². The molecule has 2 aromatic carbocycles. The summed E-state index contributed by atoms with van der Waals surface area (Å²) in [6.45, 7) is -0.587. The molecule has 3 saturated heterocycles. The maximum atomic E-state index is 13.3. The van der Waals surface area contributed by atoms with Gasteiger partial charge in [0.15, 0.2) is 48.0 Å². The highest BCUT2D eigenvalue weighted by molar-refractivity contribution is 5.87. The van der Waals surface area contributed by atoms with Crippen LogP contribution in [0.4, 0.5) is 0 Å². The van der Waals surface area contributed by atoms with E-state index in [2.05, 4.69) is 0 Å². The number of aromatic hydroxyl groups is 2. The minimum absolute atomic E-state index is 0.103. The second kappa shape index (κ2) is 18.5. The molecule has 306 valence electrons. The Hall–Kier alpha value is -3.67. The summed E-state index contributed by atoms with van der Waals surface area (Å²) in [6.07, 6.45) is -16.5. The minimum Gasteiger partial charge on any atom is -0.504 e. The molecule has 0 aromatic heterocycles. The van der Waals surface area contributed by atoms with E-state index in [9.17, 15) is 50.8 Å². The number of benzene rings is 2. The molecule has 13 atom stereocenters. The first kappa shape index (κ1) is 42.5. The van der Waals surface area contributed by atoms with Crippen molar-refractivity contribution in [2.75, 3.05) is 40.6 Å². The highest BCUT2D eigenvalue weighted by Gasteiger charge is 2.54. The zero-order valence-corrected chi connectivity index (χ0v) is 30.2. The SMILES string of the molecule is COc1ccc(/C=C/C(=O)O[C@H]2[C@H](O[C@@H]3O[C@@H](C)[C@H](O)[C@@H](O)[C@H]3O)[C@@H](O)[C@H](OCCc3ccc(OC)c(O)c3)O[C@@H]2CO[C@@H]2OC[C@](O)(CO)[C@H]2O)cc1O. The standard InChI is InChI=1S/C36H48O19/c1-17-26(41)27(42)28(43)34(52-17)55-31-29(44)33(49-11-10-19-5-8-23(48-3)21(39)13-19)53-24(14-50-35-32(45)36(46,15-37)16-51-35)30(31)54-25(40)9-6-18-4-7-22(47-2)20(38)12-18/h4-9,12-13,17,24,26-35,37-39,41-46H,10-11,14-16H2,1-3H3/b9-6+/t17-,24+,26-,27+,28+,29+,30+,31+,32-,33+,34-,35+,36+/m0/s1. The highest BCUT2D eigenvalue weighted by Crippen LogP contribution is 2.34. The number of aliphatic hydroxyl groups excluding tert-OH is 6. The highest BCUT2D eigenvalue weighted by atomic mass is 16.8. The van der Waals surface area contributed by atoms with Gasteiger partial charge in [-0.15, -0.1) is 0 Å². The van der Waals surface area contributed by atoms with Gasteiger partial charge in [0.1, 0.15) is 48.3 Å². The maximum absolute atomic E-state index is 13.3. The van der Waals surface area contributed by atoms with Gasteiger partial charge in [0, 0.05) is 6.08 Å². The van der Waals surface area contributed by atoms with Crippen LogP contribution in [0.1, 0.15) is 18.1 Å². The fourth-order valence-corrected chi connectivity index (χ4v) is 6.20. The molecule has 5 rings (SSSR count). The average molecular weight is 785 g/mol. The third-order valence-corrected chi connectivity index (χ3v) is 9.50. The molecule has 19 nitrogen and oxygen atoms in total. The fourth-order valence-electron chi connectivity index (χ4n) is 6.20. The molecule has 0 spiro atoms. The monoisotopic (exact) mass is 784 g/mol. The number of esters is 1. The Morgan fingerprint density at radius 3 is 2.18 bits per heavy atom. The Morgan fingerprint density at radius 1 is 0.855 bits per heavy atom. The van der Waals surface area contributed by atoms with Crippen LogP contribution in [0.5, 0.6) is 23.0 Å². The number of carbonyl (C=O) groups is 1. The zero-order valence-electron chi connectivity index (χ0n) is 30.2. The average Bonchev–Trinajstić information content (AvgIpc) is 3.46. The molecule has 3 aliphatic heterocycles. The molecule has 3 heterocycles. The van der Waals surface area contributed by atoms with Crippen molar-refractivity contribution >= 4 is 12.0 Å². The van der Waals surface area contributed by atoms with E-state index in [1.165, 1.54) is 45.4 Å². The normalized spacial score (nSPS) is 35.2. The number of hydrogen-bond acceptors (Lipinski definition) is 19. The molecule has 19 heteroatoms. The minimum atomic E-state index is -2.04. The van der Waals surface area contributed by atoms with Crippen molar-refractivity contribution in [1.29, 1.82) is 0 Å². The summed E-state index contributed by atoms with van der Waals surface area (Å²) >= 11 is 0. The van der Waals surface area contributed by atoms with Crippen molar-refractivity contribution in [2.24, 2.45) is 0 Å². The van der Waals surface area contributed by atoms with E-state index in [0.29, 0.717) is 11.1 Å². The molecule has 3 fully saturated rings. The van der Waals surface area contributed by atoms with E-state index < -0.39 is 105 Å².